The van der Waals surface area contributed by atoms with Gasteiger partial charge >= 0.3 is 6.03 Å². The molecule has 1 N–H and O–H groups in total. The van der Waals surface area contributed by atoms with Crippen LogP contribution in [0.3, 0.4) is 0 Å². The first kappa shape index (κ1) is 24.5. The second kappa shape index (κ2) is 10.5. The highest BCUT2D eigenvalue weighted by Crippen LogP contribution is 2.40. The minimum atomic E-state index is -0.607. The van der Waals surface area contributed by atoms with Gasteiger partial charge in [0, 0.05) is 48.1 Å². The Balaban J connectivity index is 1.02. The number of aliphatic imine (C=N–C) groups is 1. The Morgan fingerprint density at radius 2 is 1.54 bits per heavy atom. The largest absolute Gasteiger partial charge is 0.354 e. The number of hydrogen-bond donors (Lipinski definition) is 1. The fourth-order valence-electron chi connectivity index (χ4n) is 6.07. The second-order valence-electron chi connectivity index (χ2n) is 10.6. The Bertz CT molecular complexity index is 1200. The number of amidine groups is 1. The van der Waals surface area contributed by atoms with Gasteiger partial charge in [0.25, 0.3) is 5.91 Å². The fourth-order valence-corrected chi connectivity index (χ4v) is 7.09. The zero-order valence-electron chi connectivity index (χ0n) is 21.3. The number of para-hydroxylation sites is 1. The predicted octanol–water partition coefficient (Wildman–Crippen LogP) is 4.88. The number of hydrogen-bond acceptors (Lipinski definition) is 6. The number of amides is 3. The number of carbonyl (C=O) groups excluding carboxylic acids is 2. The molecular weight excluding hydrogens is 482 g/mol. The molecule has 3 aliphatic heterocycles. The third-order valence-corrected chi connectivity index (χ3v) is 9.31. The molecule has 8 heteroatoms. The highest BCUT2D eigenvalue weighted by atomic mass is 32.2. The van der Waals surface area contributed by atoms with E-state index in [2.05, 4.69) is 63.6 Å². The van der Waals surface area contributed by atoms with Crippen molar-refractivity contribution < 1.29 is 9.59 Å². The SMILES string of the molecule is O=C1NC2(CCCCC2)C(=O)N1CCCCN1CCN(C2=Nc3ccccc3Sc3ccccc32)CC1. The van der Waals surface area contributed by atoms with Gasteiger partial charge in [-0.25, -0.2) is 9.79 Å². The maximum absolute atomic E-state index is 13.0. The van der Waals surface area contributed by atoms with Crippen LogP contribution in [-0.4, -0.2) is 77.3 Å². The zero-order chi connectivity index (χ0) is 25.2. The molecule has 6 rings (SSSR count). The van der Waals surface area contributed by atoms with Gasteiger partial charge in [-0.2, -0.15) is 0 Å². The van der Waals surface area contributed by atoms with Gasteiger partial charge in [0.05, 0.1) is 5.69 Å². The van der Waals surface area contributed by atoms with E-state index in [1.165, 1.54) is 20.3 Å². The van der Waals surface area contributed by atoms with Gasteiger partial charge in [-0.1, -0.05) is 61.4 Å². The van der Waals surface area contributed by atoms with Gasteiger partial charge in [0.1, 0.15) is 11.4 Å². The van der Waals surface area contributed by atoms with Crippen molar-refractivity contribution in [2.24, 2.45) is 4.99 Å². The van der Waals surface area contributed by atoms with Crippen molar-refractivity contribution in [3.05, 3.63) is 54.1 Å². The molecule has 1 saturated carbocycles. The Hall–Kier alpha value is -2.84. The van der Waals surface area contributed by atoms with Gasteiger partial charge in [0.2, 0.25) is 0 Å². The predicted molar refractivity (Wildman–Crippen MR) is 147 cm³/mol. The number of nitrogens with one attached hydrogen (secondary N) is 1. The Morgan fingerprint density at radius 3 is 2.35 bits per heavy atom. The monoisotopic (exact) mass is 517 g/mol. The number of urea groups is 1. The Morgan fingerprint density at radius 1 is 0.838 bits per heavy atom. The van der Waals surface area contributed by atoms with Crippen LogP contribution in [0.2, 0.25) is 0 Å². The molecule has 1 aliphatic carbocycles. The third kappa shape index (κ3) is 4.89. The molecular formula is C29H35N5O2S. The first-order valence-electron chi connectivity index (χ1n) is 13.7. The van der Waals surface area contributed by atoms with Crippen LogP contribution in [0.15, 0.2) is 63.3 Å². The highest BCUT2D eigenvalue weighted by Gasteiger charge is 2.50. The summed E-state index contributed by atoms with van der Waals surface area (Å²) in [5, 5.41) is 3.02. The summed E-state index contributed by atoms with van der Waals surface area (Å²) in [7, 11) is 0. The second-order valence-corrected chi connectivity index (χ2v) is 11.7. The van der Waals surface area contributed by atoms with Gasteiger partial charge < -0.3 is 10.2 Å². The van der Waals surface area contributed by atoms with Crippen molar-refractivity contribution in [3.63, 3.8) is 0 Å². The molecule has 3 fully saturated rings. The quantitative estimate of drug-likeness (QED) is 0.452. The summed E-state index contributed by atoms with van der Waals surface area (Å²) in [6.07, 6.45) is 6.62. The lowest BCUT2D eigenvalue weighted by molar-refractivity contribution is -0.132. The van der Waals surface area contributed by atoms with E-state index in [-0.39, 0.29) is 11.9 Å². The number of carbonyl (C=O) groups is 2. The van der Waals surface area contributed by atoms with Crippen molar-refractivity contribution in [1.29, 1.82) is 0 Å². The minimum absolute atomic E-state index is 0.00927. The lowest BCUT2D eigenvalue weighted by Gasteiger charge is -2.36. The maximum Gasteiger partial charge on any atom is 0.325 e. The van der Waals surface area contributed by atoms with E-state index < -0.39 is 5.54 Å². The number of unbranched alkanes of at least 4 members (excludes halogenated alkanes) is 1. The van der Waals surface area contributed by atoms with E-state index in [9.17, 15) is 9.59 Å². The van der Waals surface area contributed by atoms with E-state index in [1.54, 1.807) is 11.8 Å². The molecule has 37 heavy (non-hydrogen) atoms. The number of fused-ring (bicyclic) bond motifs is 2. The van der Waals surface area contributed by atoms with Crippen LogP contribution >= 0.6 is 11.8 Å². The first-order valence-corrected chi connectivity index (χ1v) is 14.5. The molecule has 4 aliphatic rings. The fraction of sp³-hybridized carbons (Fsp3) is 0.483. The minimum Gasteiger partial charge on any atom is -0.354 e. The molecule has 2 aromatic rings. The smallest absolute Gasteiger partial charge is 0.325 e. The Kier molecular flexibility index (Phi) is 6.95. The number of benzene rings is 2. The molecule has 0 aromatic heterocycles. The number of piperazine rings is 1. The molecule has 1 spiro atoms. The van der Waals surface area contributed by atoms with Crippen LogP contribution in [0.1, 0.15) is 50.5 Å². The average molecular weight is 518 g/mol. The van der Waals surface area contributed by atoms with Gasteiger partial charge in [0.15, 0.2) is 0 Å². The number of rotatable bonds is 5. The molecule has 3 heterocycles. The van der Waals surface area contributed by atoms with E-state index in [4.69, 9.17) is 4.99 Å². The lowest BCUT2D eigenvalue weighted by Crippen LogP contribution is -2.49. The van der Waals surface area contributed by atoms with E-state index in [0.29, 0.717) is 6.54 Å². The van der Waals surface area contributed by atoms with Gasteiger partial charge in [-0.15, -0.1) is 0 Å². The van der Waals surface area contributed by atoms with Gasteiger partial charge in [-0.05, 0) is 50.4 Å². The summed E-state index contributed by atoms with van der Waals surface area (Å²) in [6.45, 7) is 5.37. The van der Waals surface area contributed by atoms with Crippen LogP contribution in [0.5, 0.6) is 0 Å². The summed E-state index contributed by atoms with van der Waals surface area (Å²) in [4.78, 5) is 39.4. The standard InChI is InChI=1S/C29H35N5O2S/c35-27-29(14-6-1-7-15-29)31-28(36)34(27)17-9-8-16-32-18-20-33(21-19-32)26-22-10-2-4-12-24(22)37-25-13-5-3-11-23(25)30-26/h2-5,10-13H,1,6-9,14-21H2,(H,31,36). The van der Waals surface area contributed by atoms with Gasteiger partial charge in [-0.3, -0.25) is 14.6 Å². The zero-order valence-corrected chi connectivity index (χ0v) is 22.1. The summed E-state index contributed by atoms with van der Waals surface area (Å²) in [5.41, 5.74) is 1.64. The number of nitrogens with zero attached hydrogens (tertiary/aromatic N) is 4. The highest BCUT2D eigenvalue weighted by molar-refractivity contribution is 7.99. The summed E-state index contributed by atoms with van der Waals surface area (Å²) in [5.74, 6) is 1.08. The summed E-state index contributed by atoms with van der Waals surface area (Å²) in [6, 6.07) is 16.8. The van der Waals surface area contributed by atoms with E-state index >= 15 is 0 Å². The molecule has 0 bridgehead atoms. The topological polar surface area (TPSA) is 68.2 Å². The van der Waals surface area contributed by atoms with Crippen molar-refractivity contribution in [3.8, 4) is 0 Å². The van der Waals surface area contributed by atoms with Crippen molar-refractivity contribution in [2.75, 3.05) is 39.3 Å². The molecule has 0 radical (unpaired) electrons. The molecule has 194 valence electrons. The van der Waals surface area contributed by atoms with Crippen molar-refractivity contribution >= 4 is 35.2 Å². The van der Waals surface area contributed by atoms with Crippen LogP contribution < -0.4 is 5.32 Å². The molecule has 3 amide bonds. The van der Waals surface area contributed by atoms with Crippen LogP contribution in [0.25, 0.3) is 0 Å². The molecule has 0 atom stereocenters. The van der Waals surface area contributed by atoms with Crippen LogP contribution in [0, 0.1) is 0 Å². The van der Waals surface area contributed by atoms with E-state index in [1.807, 2.05) is 0 Å². The normalized spacial score (nSPS) is 21.4. The molecule has 2 saturated heterocycles. The van der Waals surface area contributed by atoms with Crippen molar-refractivity contribution in [2.45, 2.75) is 60.3 Å². The summed E-state index contributed by atoms with van der Waals surface area (Å²) < 4.78 is 0. The maximum atomic E-state index is 13.0. The third-order valence-electron chi connectivity index (χ3n) is 8.17. The summed E-state index contributed by atoms with van der Waals surface area (Å²) >= 11 is 1.79. The molecule has 0 unspecified atom stereocenters. The van der Waals surface area contributed by atoms with E-state index in [0.717, 1.165) is 89.2 Å². The van der Waals surface area contributed by atoms with Crippen LogP contribution in [0.4, 0.5) is 10.5 Å². The Labute approximate surface area is 223 Å². The molecule has 7 nitrogen and oxygen atoms in total. The van der Waals surface area contributed by atoms with Crippen molar-refractivity contribution in [1.82, 2.24) is 20.0 Å². The average Bonchev–Trinajstić information content (AvgIpc) is 3.05. The lowest BCUT2D eigenvalue weighted by atomic mass is 9.82. The molecule has 2 aromatic carbocycles. The van der Waals surface area contributed by atoms with Crippen LogP contribution in [-0.2, 0) is 4.79 Å². The first-order chi connectivity index (χ1) is 18.1. The number of imide groups is 1.